The summed E-state index contributed by atoms with van der Waals surface area (Å²) in [6.45, 7) is 3.55. The SMILES string of the molecule is Cc1ccc(C(=O)Nc2cccnc2C(=O)NCC2CCCCN2)c2ccccc12. The zero-order chi connectivity index (χ0) is 20.9. The van der Waals surface area contributed by atoms with E-state index in [2.05, 4.69) is 20.9 Å². The van der Waals surface area contributed by atoms with Crippen LogP contribution in [0.2, 0.25) is 0 Å². The maximum atomic E-state index is 13.0. The Morgan fingerprint density at radius 3 is 2.67 bits per heavy atom. The molecule has 2 heterocycles. The van der Waals surface area contributed by atoms with Crippen molar-refractivity contribution in [2.45, 2.75) is 32.2 Å². The van der Waals surface area contributed by atoms with Crippen LogP contribution in [0.15, 0.2) is 54.7 Å². The number of aromatic nitrogens is 1. The van der Waals surface area contributed by atoms with Gasteiger partial charge in [0, 0.05) is 24.3 Å². The zero-order valence-corrected chi connectivity index (χ0v) is 17.1. The van der Waals surface area contributed by atoms with Crippen molar-refractivity contribution < 1.29 is 9.59 Å². The molecule has 1 atom stereocenters. The quantitative estimate of drug-likeness (QED) is 0.608. The van der Waals surface area contributed by atoms with E-state index in [9.17, 15) is 9.59 Å². The first-order valence-electron chi connectivity index (χ1n) is 10.4. The Kier molecular flexibility index (Phi) is 6.05. The monoisotopic (exact) mass is 402 g/mol. The van der Waals surface area contributed by atoms with Crippen molar-refractivity contribution in [2.24, 2.45) is 0 Å². The molecule has 1 unspecified atom stereocenters. The van der Waals surface area contributed by atoms with Gasteiger partial charge in [-0.2, -0.15) is 0 Å². The van der Waals surface area contributed by atoms with Crippen molar-refractivity contribution in [1.29, 1.82) is 0 Å². The van der Waals surface area contributed by atoms with E-state index in [-0.39, 0.29) is 23.6 Å². The molecule has 1 aromatic heterocycles. The van der Waals surface area contributed by atoms with Gasteiger partial charge in [-0.05, 0) is 60.8 Å². The summed E-state index contributed by atoms with van der Waals surface area (Å²) in [4.78, 5) is 30.0. The van der Waals surface area contributed by atoms with Gasteiger partial charge in [-0.15, -0.1) is 0 Å². The van der Waals surface area contributed by atoms with E-state index in [0.29, 0.717) is 17.8 Å². The van der Waals surface area contributed by atoms with E-state index in [1.165, 1.54) is 12.8 Å². The number of nitrogens with one attached hydrogen (secondary N) is 3. The summed E-state index contributed by atoms with van der Waals surface area (Å²) in [6.07, 6.45) is 4.95. The Labute approximate surface area is 176 Å². The molecule has 1 fully saturated rings. The summed E-state index contributed by atoms with van der Waals surface area (Å²) in [5.74, 6) is -0.547. The number of nitrogens with zero attached hydrogens (tertiary/aromatic N) is 1. The van der Waals surface area contributed by atoms with Crippen LogP contribution in [0.1, 0.15) is 45.7 Å². The largest absolute Gasteiger partial charge is 0.349 e. The smallest absolute Gasteiger partial charge is 0.272 e. The van der Waals surface area contributed by atoms with E-state index < -0.39 is 0 Å². The predicted octanol–water partition coefficient (Wildman–Crippen LogP) is 3.67. The van der Waals surface area contributed by atoms with Crippen LogP contribution in [0.3, 0.4) is 0 Å². The first-order chi connectivity index (χ1) is 14.6. The number of hydrogen-bond donors (Lipinski definition) is 3. The van der Waals surface area contributed by atoms with Gasteiger partial charge >= 0.3 is 0 Å². The molecule has 154 valence electrons. The second-order valence-corrected chi connectivity index (χ2v) is 7.69. The number of pyridine rings is 1. The maximum absolute atomic E-state index is 13.0. The number of anilines is 1. The van der Waals surface area contributed by atoms with E-state index in [0.717, 1.165) is 29.3 Å². The summed E-state index contributed by atoms with van der Waals surface area (Å²) in [6, 6.07) is 15.3. The highest BCUT2D eigenvalue weighted by atomic mass is 16.2. The molecule has 4 rings (SSSR count). The lowest BCUT2D eigenvalue weighted by Gasteiger charge is -2.23. The number of aryl methyl sites for hydroxylation is 1. The number of rotatable bonds is 5. The van der Waals surface area contributed by atoms with E-state index >= 15 is 0 Å². The number of amides is 2. The van der Waals surface area contributed by atoms with Crippen molar-refractivity contribution in [3.8, 4) is 0 Å². The second kappa shape index (κ2) is 9.05. The number of fused-ring (bicyclic) bond motifs is 1. The molecular weight excluding hydrogens is 376 g/mol. The molecule has 1 aliphatic heterocycles. The Morgan fingerprint density at radius 1 is 1.03 bits per heavy atom. The fourth-order valence-electron chi connectivity index (χ4n) is 3.92. The topological polar surface area (TPSA) is 83.1 Å². The average molecular weight is 402 g/mol. The van der Waals surface area contributed by atoms with Crippen LogP contribution in [0.4, 0.5) is 5.69 Å². The van der Waals surface area contributed by atoms with Gasteiger partial charge in [0.1, 0.15) is 0 Å². The van der Waals surface area contributed by atoms with Gasteiger partial charge in [-0.3, -0.25) is 9.59 Å². The molecule has 0 spiro atoms. The molecule has 0 aliphatic carbocycles. The van der Waals surface area contributed by atoms with Gasteiger partial charge in [0.05, 0.1) is 5.69 Å². The number of benzene rings is 2. The molecule has 0 saturated carbocycles. The van der Waals surface area contributed by atoms with Crippen LogP contribution < -0.4 is 16.0 Å². The highest BCUT2D eigenvalue weighted by Crippen LogP contribution is 2.24. The van der Waals surface area contributed by atoms with Crippen LogP contribution in [0, 0.1) is 6.92 Å². The molecule has 0 radical (unpaired) electrons. The van der Waals surface area contributed by atoms with Crippen molar-refractivity contribution in [3.63, 3.8) is 0 Å². The number of piperidine rings is 1. The minimum Gasteiger partial charge on any atom is -0.349 e. The number of carbonyl (C=O) groups excluding carboxylic acids is 2. The minimum absolute atomic E-state index is 0.220. The molecule has 0 bridgehead atoms. The van der Waals surface area contributed by atoms with Crippen molar-refractivity contribution in [3.05, 3.63) is 71.5 Å². The fourth-order valence-corrected chi connectivity index (χ4v) is 3.92. The molecule has 2 aromatic carbocycles. The fraction of sp³-hybridized carbons (Fsp3) is 0.292. The molecule has 6 nitrogen and oxygen atoms in total. The summed E-state index contributed by atoms with van der Waals surface area (Å²) < 4.78 is 0. The van der Waals surface area contributed by atoms with Crippen molar-refractivity contribution in [1.82, 2.24) is 15.6 Å². The lowest BCUT2D eigenvalue weighted by Crippen LogP contribution is -2.43. The Balaban J connectivity index is 1.52. The molecule has 3 aromatic rings. The molecular formula is C24H26N4O2. The van der Waals surface area contributed by atoms with Crippen LogP contribution in [0.5, 0.6) is 0 Å². The Hall–Kier alpha value is -3.25. The van der Waals surface area contributed by atoms with E-state index in [1.807, 2.05) is 43.3 Å². The van der Waals surface area contributed by atoms with Gasteiger partial charge in [0.15, 0.2) is 5.69 Å². The predicted molar refractivity (Wildman–Crippen MR) is 119 cm³/mol. The van der Waals surface area contributed by atoms with Crippen LogP contribution in [0.25, 0.3) is 10.8 Å². The summed E-state index contributed by atoms with van der Waals surface area (Å²) in [7, 11) is 0. The normalized spacial score (nSPS) is 16.2. The number of hydrogen-bond acceptors (Lipinski definition) is 4. The minimum atomic E-state index is -0.285. The molecule has 1 saturated heterocycles. The third-order valence-corrected chi connectivity index (χ3v) is 5.58. The Bertz CT molecular complexity index is 1070. The van der Waals surface area contributed by atoms with Crippen molar-refractivity contribution in [2.75, 3.05) is 18.4 Å². The third-order valence-electron chi connectivity index (χ3n) is 5.58. The summed E-state index contributed by atoms with van der Waals surface area (Å²) >= 11 is 0. The van der Waals surface area contributed by atoms with E-state index in [4.69, 9.17) is 0 Å². The summed E-state index contributed by atoms with van der Waals surface area (Å²) in [5, 5.41) is 11.2. The van der Waals surface area contributed by atoms with Gasteiger partial charge in [-0.1, -0.05) is 36.8 Å². The van der Waals surface area contributed by atoms with Crippen LogP contribution in [-0.2, 0) is 0 Å². The van der Waals surface area contributed by atoms with Gasteiger partial charge in [-0.25, -0.2) is 4.98 Å². The highest BCUT2D eigenvalue weighted by molar-refractivity contribution is 6.14. The first-order valence-corrected chi connectivity index (χ1v) is 10.4. The molecule has 3 N–H and O–H groups in total. The molecule has 1 aliphatic rings. The lowest BCUT2D eigenvalue weighted by molar-refractivity contribution is 0.0943. The zero-order valence-electron chi connectivity index (χ0n) is 17.1. The lowest BCUT2D eigenvalue weighted by atomic mass is 10.00. The second-order valence-electron chi connectivity index (χ2n) is 7.69. The summed E-state index contributed by atoms with van der Waals surface area (Å²) in [5.41, 5.74) is 2.30. The van der Waals surface area contributed by atoms with Crippen LogP contribution in [-0.4, -0.2) is 35.9 Å². The van der Waals surface area contributed by atoms with Gasteiger partial charge < -0.3 is 16.0 Å². The standard InChI is InChI=1S/C24H26N4O2/c1-16-11-12-20(19-9-3-2-8-18(16)19)23(29)28-21-10-6-14-26-22(21)24(30)27-15-17-7-4-5-13-25-17/h2-3,6,8-12,14,17,25H,4-5,7,13,15H2,1H3,(H,27,30)(H,28,29). The molecule has 2 amide bonds. The first kappa shape index (κ1) is 20.0. The Morgan fingerprint density at radius 2 is 1.87 bits per heavy atom. The van der Waals surface area contributed by atoms with Gasteiger partial charge in [0.25, 0.3) is 11.8 Å². The molecule has 6 heteroatoms. The average Bonchev–Trinajstić information content (AvgIpc) is 2.79. The highest BCUT2D eigenvalue weighted by Gasteiger charge is 2.19. The van der Waals surface area contributed by atoms with E-state index in [1.54, 1.807) is 18.3 Å². The maximum Gasteiger partial charge on any atom is 0.272 e. The van der Waals surface area contributed by atoms with Crippen LogP contribution >= 0.6 is 0 Å². The molecule has 30 heavy (non-hydrogen) atoms. The number of carbonyl (C=O) groups is 2. The van der Waals surface area contributed by atoms with Gasteiger partial charge in [0.2, 0.25) is 0 Å². The third kappa shape index (κ3) is 4.33. The van der Waals surface area contributed by atoms with Crippen molar-refractivity contribution >= 4 is 28.3 Å².